The van der Waals surface area contributed by atoms with Crippen LogP contribution in [0.1, 0.15) is 23.9 Å². The average Bonchev–Trinajstić information content (AvgIpc) is 3.27. The highest BCUT2D eigenvalue weighted by Crippen LogP contribution is 2.41. The molecule has 0 fully saturated rings. The Kier molecular flexibility index (Phi) is 6.94. The van der Waals surface area contributed by atoms with Crippen LogP contribution in [0.4, 0.5) is 5.82 Å². The molecule has 2 aromatic heterocycles. The van der Waals surface area contributed by atoms with E-state index >= 15 is 0 Å². The Bertz CT molecular complexity index is 1120. The topological polar surface area (TPSA) is 90.3 Å². The maximum absolute atomic E-state index is 9.56. The Balaban J connectivity index is 2.10. The van der Waals surface area contributed by atoms with Crippen LogP contribution in [0.15, 0.2) is 48.4 Å². The minimum Gasteiger partial charge on any atom is -0.373 e. The minimum atomic E-state index is 0.513. The van der Waals surface area contributed by atoms with Gasteiger partial charge >= 0.3 is 0 Å². The molecule has 1 aromatic carbocycles. The molecule has 29 heavy (non-hydrogen) atoms. The number of aromatic amines is 1. The van der Waals surface area contributed by atoms with Crippen LogP contribution in [-0.4, -0.2) is 27.2 Å². The highest BCUT2D eigenvalue weighted by molar-refractivity contribution is 8.16. The molecule has 0 aliphatic carbocycles. The molecule has 3 rings (SSSR count). The van der Waals surface area contributed by atoms with E-state index in [0.29, 0.717) is 27.3 Å². The summed E-state index contributed by atoms with van der Waals surface area (Å²) < 4.78 is 0. The fourth-order valence-corrected chi connectivity index (χ4v) is 3.96. The van der Waals surface area contributed by atoms with Crippen molar-refractivity contribution in [3.63, 3.8) is 0 Å². The Morgan fingerprint density at radius 1 is 1.24 bits per heavy atom. The highest BCUT2D eigenvalue weighted by Gasteiger charge is 2.15. The SMILES string of the molecule is CNc1cc(/C(S/C(=C/c2ccc(Cl)cc2Cl)c2ncn[nH]2)=C(/C)C#N)ccn1. The van der Waals surface area contributed by atoms with Crippen LogP contribution >= 0.6 is 35.0 Å². The van der Waals surface area contributed by atoms with E-state index in [0.717, 1.165) is 20.9 Å². The van der Waals surface area contributed by atoms with Gasteiger partial charge in [-0.2, -0.15) is 10.4 Å². The van der Waals surface area contributed by atoms with E-state index in [9.17, 15) is 5.26 Å². The van der Waals surface area contributed by atoms with Crippen molar-refractivity contribution in [1.29, 1.82) is 5.26 Å². The number of aromatic nitrogens is 4. The summed E-state index contributed by atoms with van der Waals surface area (Å²) in [6, 6.07) is 11.2. The molecule has 0 aliphatic rings. The zero-order chi connectivity index (χ0) is 20.8. The molecule has 0 bridgehead atoms. The number of rotatable bonds is 6. The van der Waals surface area contributed by atoms with Crippen molar-refractivity contribution in [1.82, 2.24) is 20.2 Å². The van der Waals surface area contributed by atoms with Gasteiger partial charge in [0.15, 0.2) is 5.82 Å². The van der Waals surface area contributed by atoms with E-state index in [1.807, 2.05) is 24.3 Å². The Labute approximate surface area is 182 Å². The summed E-state index contributed by atoms with van der Waals surface area (Å²) in [5, 5.41) is 20.5. The van der Waals surface area contributed by atoms with Crippen molar-refractivity contribution >= 4 is 56.7 Å². The Hall–Kier alpha value is -2.79. The molecule has 0 atom stereocenters. The number of allylic oxidation sites excluding steroid dienone is 1. The third-order valence-electron chi connectivity index (χ3n) is 3.90. The standard InChI is InChI=1S/C20H16Cl2N6S/c1-12(10-23)19(14-5-6-25-18(8-14)24-2)29-17(20-26-11-27-28-20)7-13-3-4-15(21)9-16(13)22/h3-9,11H,1-2H3,(H,24,25)(H,26,27,28)/b17-7+,19-12+. The summed E-state index contributed by atoms with van der Waals surface area (Å²) in [5.41, 5.74) is 2.20. The Morgan fingerprint density at radius 2 is 2.07 bits per heavy atom. The van der Waals surface area contributed by atoms with Crippen LogP contribution in [0.3, 0.4) is 0 Å². The van der Waals surface area contributed by atoms with E-state index in [1.165, 1.54) is 18.1 Å². The molecule has 9 heteroatoms. The quantitative estimate of drug-likeness (QED) is 0.473. The minimum absolute atomic E-state index is 0.513. The number of anilines is 1. The van der Waals surface area contributed by atoms with E-state index in [1.54, 1.807) is 32.3 Å². The van der Waals surface area contributed by atoms with Crippen LogP contribution in [-0.2, 0) is 0 Å². The maximum Gasteiger partial charge on any atom is 0.162 e. The average molecular weight is 443 g/mol. The second-order valence-corrected chi connectivity index (χ2v) is 7.75. The molecule has 0 spiro atoms. The smallest absolute Gasteiger partial charge is 0.162 e. The monoisotopic (exact) mass is 442 g/mol. The zero-order valence-corrected chi connectivity index (χ0v) is 17.9. The van der Waals surface area contributed by atoms with Crippen molar-refractivity contribution in [2.75, 3.05) is 12.4 Å². The van der Waals surface area contributed by atoms with Crippen LogP contribution in [0.25, 0.3) is 15.9 Å². The molecular weight excluding hydrogens is 427 g/mol. The maximum atomic E-state index is 9.56. The first kappa shape index (κ1) is 20.9. The molecule has 3 aromatic rings. The number of benzene rings is 1. The van der Waals surface area contributed by atoms with Crippen molar-refractivity contribution in [2.45, 2.75) is 6.92 Å². The molecule has 0 saturated carbocycles. The van der Waals surface area contributed by atoms with Gasteiger partial charge in [-0.05, 0) is 48.4 Å². The van der Waals surface area contributed by atoms with Crippen LogP contribution in [0, 0.1) is 11.3 Å². The third-order valence-corrected chi connectivity index (χ3v) is 5.74. The van der Waals surface area contributed by atoms with Gasteiger partial charge in [-0.15, -0.1) is 0 Å². The van der Waals surface area contributed by atoms with E-state index in [4.69, 9.17) is 23.2 Å². The van der Waals surface area contributed by atoms with Crippen molar-refractivity contribution < 1.29 is 0 Å². The molecule has 2 heterocycles. The first-order valence-corrected chi connectivity index (χ1v) is 10.0. The fraction of sp³-hybridized carbons (Fsp3) is 0.100. The molecule has 0 saturated heterocycles. The number of thioether (sulfide) groups is 1. The highest BCUT2D eigenvalue weighted by atomic mass is 35.5. The summed E-state index contributed by atoms with van der Waals surface area (Å²) in [6.07, 6.45) is 5.01. The lowest BCUT2D eigenvalue weighted by Crippen LogP contribution is -1.94. The van der Waals surface area contributed by atoms with E-state index in [-0.39, 0.29) is 0 Å². The molecule has 0 amide bonds. The van der Waals surface area contributed by atoms with Gasteiger partial charge in [-0.1, -0.05) is 41.0 Å². The number of nitrogens with zero attached hydrogens (tertiary/aromatic N) is 4. The van der Waals surface area contributed by atoms with Crippen LogP contribution in [0.2, 0.25) is 10.0 Å². The molecule has 0 unspecified atom stereocenters. The summed E-state index contributed by atoms with van der Waals surface area (Å²) in [4.78, 5) is 10.0. The van der Waals surface area contributed by atoms with E-state index in [2.05, 4.69) is 31.6 Å². The first-order chi connectivity index (χ1) is 14.0. The van der Waals surface area contributed by atoms with Gasteiger partial charge in [0.25, 0.3) is 0 Å². The number of hydrogen-bond acceptors (Lipinski definition) is 6. The number of pyridine rings is 1. The number of nitrogens with one attached hydrogen (secondary N) is 2. The van der Waals surface area contributed by atoms with Crippen LogP contribution < -0.4 is 5.32 Å². The second-order valence-electron chi connectivity index (χ2n) is 5.86. The third kappa shape index (κ3) is 5.18. The summed E-state index contributed by atoms with van der Waals surface area (Å²) >= 11 is 13.8. The number of H-pyrrole nitrogens is 1. The number of halogens is 2. The summed E-state index contributed by atoms with van der Waals surface area (Å²) in [7, 11) is 1.79. The zero-order valence-electron chi connectivity index (χ0n) is 15.6. The van der Waals surface area contributed by atoms with Gasteiger partial charge in [-0.25, -0.2) is 9.97 Å². The van der Waals surface area contributed by atoms with Gasteiger partial charge in [0.05, 0.1) is 11.0 Å². The molecule has 2 N–H and O–H groups in total. The van der Waals surface area contributed by atoms with Crippen molar-refractivity contribution in [3.05, 3.63) is 75.4 Å². The normalized spacial score (nSPS) is 12.3. The molecule has 0 radical (unpaired) electrons. The first-order valence-electron chi connectivity index (χ1n) is 8.47. The predicted molar refractivity (Wildman–Crippen MR) is 120 cm³/mol. The lowest BCUT2D eigenvalue weighted by atomic mass is 10.2. The molecular formula is C20H16Cl2N6S. The molecule has 6 nitrogen and oxygen atoms in total. The summed E-state index contributed by atoms with van der Waals surface area (Å²) in [6.45, 7) is 1.77. The summed E-state index contributed by atoms with van der Waals surface area (Å²) in [5.74, 6) is 1.27. The molecule has 146 valence electrons. The van der Waals surface area contributed by atoms with Gasteiger partial charge in [0.1, 0.15) is 12.1 Å². The van der Waals surface area contributed by atoms with Crippen molar-refractivity contribution in [3.8, 4) is 6.07 Å². The number of hydrogen-bond donors (Lipinski definition) is 2. The van der Waals surface area contributed by atoms with Gasteiger partial charge < -0.3 is 5.32 Å². The molecule has 0 aliphatic heterocycles. The Morgan fingerprint density at radius 3 is 2.72 bits per heavy atom. The predicted octanol–water partition coefficient (Wildman–Crippen LogP) is 5.73. The largest absolute Gasteiger partial charge is 0.373 e. The van der Waals surface area contributed by atoms with Gasteiger partial charge in [0.2, 0.25) is 0 Å². The van der Waals surface area contributed by atoms with Crippen LogP contribution in [0.5, 0.6) is 0 Å². The lowest BCUT2D eigenvalue weighted by Gasteiger charge is -2.12. The van der Waals surface area contributed by atoms with Gasteiger partial charge in [0, 0.05) is 33.8 Å². The fourth-order valence-electron chi connectivity index (χ4n) is 2.45. The van der Waals surface area contributed by atoms with Gasteiger partial charge in [-0.3, -0.25) is 5.10 Å². The number of nitriles is 1. The van der Waals surface area contributed by atoms with E-state index < -0.39 is 0 Å². The lowest BCUT2D eigenvalue weighted by molar-refractivity contribution is 1.08. The second kappa shape index (κ2) is 9.61. The van der Waals surface area contributed by atoms with Crippen molar-refractivity contribution in [2.24, 2.45) is 0 Å².